The molecule has 1 saturated heterocycles. The van der Waals surface area contributed by atoms with Crippen molar-refractivity contribution in [2.24, 2.45) is 0 Å². The Labute approximate surface area is 89.9 Å². The molecular formula is C11H18N2S. The van der Waals surface area contributed by atoms with E-state index in [0.717, 1.165) is 19.1 Å². The first kappa shape index (κ1) is 10.1. The molecule has 0 bridgehead atoms. The van der Waals surface area contributed by atoms with Crippen LogP contribution in [0.25, 0.3) is 0 Å². The second kappa shape index (κ2) is 4.43. The van der Waals surface area contributed by atoms with Gasteiger partial charge in [0.15, 0.2) is 0 Å². The fourth-order valence-electron chi connectivity index (χ4n) is 1.94. The molecule has 1 unspecified atom stereocenters. The minimum absolute atomic E-state index is 0.733. The first-order valence-electron chi connectivity index (χ1n) is 5.21. The largest absolute Gasteiger partial charge is 0.315 e. The topological polar surface area (TPSA) is 15.3 Å². The molecule has 0 spiro atoms. The Balaban J connectivity index is 1.93. The van der Waals surface area contributed by atoms with Gasteiger partial charge in [-0.15, -0.1) is 11.3 Å². The second-order valence-electron chi connectivity index (χ2n) is 4.09. The molecule has 0 saturated carbocycles. The van der Waals surface area contributed by atoms with E-state index in [-0.39, 0.29) is 0 Å². The molecule has 1 fully saturated rings. The van der Waals surface area contributed by atoms with Crippen LogP contribution in [0, 0.1) is 6.92 Å². The molecule has 78 valence electrons. The van der Waals surface area contributed by atoms with Gasteiger partial charge in [-0.3, -0.25) is 4.90 Å². The van der Waals surface area contributed by atoms with Gasteiger partial charge in [-0.2, -0.15) is 0 Å². The maximum atomic E-state index is 3.41. The Morgan fingerprint density at radius 2 is 2.50 bits per heavy atom. The van der Waals surface area contributed by atoms with Gasteiger partial charge in [0, 0.05) is 24.0 Å². The quantitative estimate of drug-likeness (QED) is 0.819. The molecular weight excluding hydrogens is 192 g/mol. The van der Waals surface area contributed by atoms with Crippen LogP contribution in [0.5, 0.6) is 0 Å². The fourth-order valence-corrected chi connectivity index (χ4v) is 2.91. The van der Waals surface area contributed by atoms with Gasteiger partial charge in [-0.25, -0.2) is 0 Å². The van der Waals surface area contributed by atoms with Crippen LogP contribution in [0.15, 0.2) is 11.4 Å². The van der Waals surface area contributed by atoms with Crippen molar-refractivity contribution in [3.8, 4) is 0 Å². The Morgan fingerprint density at radius 3 is 3.07 bits per heavy atom. The Morgan fingerprint density at radius 1 is 1.64 bits per heavy atom. The van der Waals surface area contributed by atoms with Crippen LogP contribution in [-0.4, -0.2) is 31.1 Å². The minimum Gasteiger partial charge on any atom is -0.315 e. The third kappa shape index (κ3) is 2.16. The smallest absolute Gasteiger partial charge is 0.0331 e. The number of aryl methyl sites for hydroxylation is 1. The Hall–Kier alpha value is -0.380. The van der Waals surface area contributed by atoms with Crippen LogP contribution in [0.4, 0.5) is 0 Å². The highest BCUT2D eigenvalue weighted by Crippen LogP contribution is 2.19. The lowest BCUT2D eigenvalue weighted by Crippen LogP contribution is -2.32. The molecule has 3 heteroatoms. The van der Waals surface area contributed by atoms with Crippen molar-refractivity contribution < 1.29 is 0 Å². The maximum Gasteiger partial charge on any atom is 0.0331 e. The van der Waals surface area contributed by atoms with E-state index in [1.54, 1.807) is 0 Å². The monoisotopic (exact) mass is 210 g/mol. The SMILES string of the molecule is Cc1ccsc1CN(C)C1CCNC1. The van der Waals surface area contributed by atoms with Gasteiger partial charge in [-0.1, -0.05) is 0 Å². The summed E-state index contributed by atoms with van der Waals surface area (Å²) in [7, 11) is 2.23. The standard InChI is InChI=1S/C11H18N2S/c1-9-4-6-14-11(9)8-13(2)10-3-5-12-7-10/h4,6,10,12H,3,5,7-8H2,1-2H3. The number of hydrogen-bond donors (Lipinski definition) is 1. The van der Waals surface area contributed by atoms with Crippen molar-refractivity contribution in [2.45, 2.75) is 25.9 Å². The normalized spacial score (nSPS) is 22.1. The molecule has 0 aromatic carbocycles. The van der Waals surface area contributed by atoms with E-state index in [1.807, 2.05) is 11.3 Å². The van der Waals surface area contributed by atoms with Gasteiger partial charge in [0.2, 0.25) is 0 Å². The summed E-state index contributed by atoms with van der Waals surface area (Å²) in [5, 5.41) is 5.60. The van der Waals surface area contributed by atoms with Crippen molar-refractivity contribution in [2.75, 3.05) is 20.1 Å². The summed E-state index contributed by atoms with van der Waals surface area (Å²) in [5.74, 6) is 0. The van der Waals surface area contributed by atoms with Crippen molar-refractivity contribution in [1.82, 2.24) is 10.2 Å². The van der Waals surface area contributed by atoms with Crippen molar-refractivity contribution in [3.63, 3.8) is 0 Å². The third-order valence-electron chi connectivity index (χ3n) is 3.02. The van der Waals surface area contributed by atoms with E-state index in [0.29, 0.717) is 0 Å². The first-order valence-corrected chi connectivity index (χ1v) is 6.09. The van der Waals surface area contributed by atoms with E-state index >= 15 is 0 Å². The highest BCUT2D eigenvalue weighted by atomic mass is 32.1. The summed E-state index contributed by atoms with van der Waals surface area (Å²) in [6, 6.07) is 2.94. The Kier molecular flexibility index (Phi) is 3.21. The lowest BCUT2D eigenvalue weighted by Gasteiger charge is -2.22. The summed E-state index contributed by atoms with van der Waals surface area (Å²) in [6.07, 6.45) is 1.29. The van der Waals surface area contributed by atoms with Gasteiger partial charge in [0.1, 0.15) is 0 Å². The van der Waals surface area contributed by atoms with Crippen molar-refractivity contribution in [3.05, 3.63) is 21.9 Å². The van der Waals surface area contributed by atoms with Gasteiger partial charge >= 0.3 is 0 Å². The van der Waals surface area contributed by atoms with Crippen LogP contribution in [0.3, 0.4) is 0 Å². The lowest BCUT2D eigenvalue weighted by molar-refractivity contribution is 0.250. The highest BCUT2D eigenvalue weighted by Gasteiger charge is 2.19. The van der Waals surface area contributed by atoms with Gasteiger partial charge in [-0.05, 0) is 43.9 Å². The zero-order valence-electron chi connectivity index (χ0n) is 8.92. The first-order chi connectivity index (χ1) is 6.77. The molecule has 14 heavy (non-hydrogen) atoms. The molecule has 1 aliphatic rings. The Bertz CT molecular complexity index is 289. The van der Waals surface area contributed by atoms with Crippen molar-refractivity contribution in [1.29, 1.82) is 0 Å². The zero-order chi connectivity index (χ0) is 9.97. The van der Waals surface area contributed by atoms with Crippen molar-refractivity contribution >= 4 is 11.3 Å². The number of nitrogens with one attached hydrogen (secondary N) is 1. The minimum atomic E-state index is 0.733. The zero-order valence-corrected chi connectivity index (χ0v) is 9.73. The van der Waals surface area contributed by atoms with E-state index < -0.39 is 0 Å². The van der Waals surface area contributed by atoms with Crippen LogP contribution < -0.4 is 5.32 Å². The average molecular weight is 210 g/mol. The predicted molar refractivity (Wildman–Crippen MR) is 61.8 cm³/mol. The summed E-state index contributed by atoms with van der Waals surface area (Å²) in [4.78, 5) is 3.98. The van der Waals surface area contributed by atoms with Crippen LogP contribution in [-0.2, 0) is 6.54 Å². The van der Waals surface area contributed by atoms with Gasteiger partial charge < -0.3 is 5.32 Å². The highest BCUT2D eigenvalue weighted by molar-refractivity contribution is 7.10. The van der Waals surface area contributed by atoms with Gasteiger partial charge in [0.25, 0.3) is 0 Å². The van der Waals surface area contributed by atoms with E-state index in [1.165, 1.54) is 23.4 Å². The summed E-state index contributed by atoms with van der Waals surface area (Å²) < 4.78 is 0. The van der Waals surface area contributed by atoms with E-state index in [4.69, 9.17) is 0 Å². The number of nitrogens with zero attached hydrogens (tertiary/aromatic N) is 1. The molecule has 1 aromatic rings. The molecule has 0 radical (unpaired) electrons. The molecule has 0 amide bonds. The maximum absolute atomic E-state index is 3.41. The second-order valence-corrected chi connectivity index (χ2v) is 5.09. The third-order valence-corrected chi connectivity index (χ3v) is 4.03. The van der Waals surface area contributed by atoms with Crippen LogP contribution in [0.1, 0.15) is 16.9 Å². The van der Waals surface area contributed by atoms with Crippen LogP contribution >= 0.6 is 11.3 Å². The number of thiophene rings is 1. The molecule has 2 rings (SSSR count). The summed E-state index contributed by atoms with van der Waals surface area (Å²) >= 11 is 1.87. The molecule has 1 N–H and O–H groups in total. The van der Waals surface area contributed by atoms with E-state index in [9.17, 15) is 0 Å². The molecule has 1 atom stereocenters. The van der Waals surface area contributed by atoms with Crippen LogP contribution in [0.2, 0.25) is 0 Å². The molecule has 2 heterocycles. The number of rotatable bonds is 3. The summed E-state index contributed by atoms with van der Waals surface area (Å²) in [5.41, 5.74) is 1.44. The molecule has 1 aromatic heterocycles. The predicted octanol–water partition coefficient (Wildman–Crippen LogP) is 1.85. The van der Waals surface area contributed by atoms with Gasteiger partial charge in [0.05, 0.1) is 0 Å². The molecule has 0 aliphatic carbocycles. The number of hydrogen-bond acceptors (Lipinski definition) is 3. The summed E-state index contributed by atoms with van der Waals surface area (Å²) in [6.45, 7) is 5.64. The lowest BCUT2D eigenvalue weighted by atomic mass is 10.2. The number of likely N-dealkylation sites (N-methyl/N-ethyl adjacent to an activating group) is 1. The fraction of sp³-hybridized carbons (Fsp3) is 0.636. The average Bonchev–Trinajstić information content (AvgIpc) is 2.77. The van der Waals surface area contributed by atoms with E-state index in [2.05, 4.69) is 35.6 Å². The molecule has 1 aliphatic heterocycles. The molecule has 2 nitrogen and oxygen atoms in total.